The molecule has 0 spiro atoms. The van der Waals surface area contributed by atoms with Crippen molar-refractivity contribution >= 4 is 46.2 Å². The summed E-state index contributed by atoms with van der Waals surface area (Å²) in [6.07, 6.45) is 10.4. The first-order valence-corrected chi connectivity index (χ1v) is 11.3. The standard InChI is InChI=1S/C15H26OS4/c1-3-5-7-9-11-17-13-14(20-15(16)19-13)18-12-10-8-6-4-2/h3-12H2,1-2H3. The molecule has 0 bridgehead atoms. The second kappa shape index (κ2) is 12.1. The van der Waals surface area contributed by atoms with Crippen LogP contribution in [0.25, 0.3) is 0 Å². The van der Waals surface area contributed by atoms with Crippen LogP contribution in [-0.2, 0) is 0 Å². The number of hydrogen-bond acceptors (Lipinski definition) is 5. The highest BCUT2D eigenvalue weighted by atomic mass is 32.2. The Morgan fingerprint density at radius 3 is 1.60 bits per heavy atom. The molecule has 0 atom stereocenters. The summed E-state index contributed by atoms with van der Waals surface area (Å²) in [5.74, 6) is 2.33. The molecule has 0 fully saturated rings. The summed E-state index contributed by atoms with van der Waals surface area (Å²) < 4.78 is 2.81. The minimum atomic E-state index is 0.261. The lowest BCUT2D eigenvalue weighted by Crippen LogP contribution is -1.82. The first-order chi connectivity index (χ1) is 9.77. The lowest BCUT2D eigenvalue weighted by atomic mass is 10.2. The Hall–Kier alpha value is 0.550. The van der Waals surface area contributed by atoms with Crippen molar-refractivity contribution in [3.05, 3.63) is 8.85 Å². The van der Waals surface area contributed by atoms with Crippen LogP contribution >= 0.6 is 46.2 Å². The minimum Gasteiger partial charge on any atom is -0.265 e. The molecule has 0 aliphatic rings. The Balaban J connectivity index is 2.29. The quantitative estimate of drug-likeness (QED) is 0.316. The molecule has 0 saturated heterocycles. The van der Waals surface area contributed by atoms with E-state index in [0.29, 0.717) is 0 Å². The van der Waals surface area contributed by atoms with Crippen molar-refractivity contribution in [1.82, 2.24) is 0 Å². The molecule has 1 aromatic rings. The molecule has 0 amide bonds. The molecule has 0 unspecified atom stereocenters. The lowest BCUT2D eigenvalue weighted by Gasteiger charge is -2.03. The van der Waals surface area contributed by atoms with Gasteiger partial charge in [-0.05, 0) is 24.3 Å². The summed E-state index contributed by atoms with van der Waals surface area (Å²) >= 11 is 6.69. The molecule has 0 radical (unpaired) electrons. The third-order valence-electron chi connectivity index (χ3n) is 2.98. The van der Waals surface area contributed by atoms with Gasteiger partial charge in [0.05, 0.1) is 8.42 Å². The van der Waals surface area contributed by atoms with Crippen molar-refractivity contribution in [1.29, 1.82) is 0 Å². The van der Waals surface area contributed by atoms with Crippen molar-refractivity contribution in [3.63, 3.8) is 0 Å². The summed E-state index contributed by atoms with van der Waals surface area (Å²) in [5.41, 5.74) is 0. The first-order valence-electron chi connectivity index (χ1n) is 7.67. The van der Waals surface area contributed by atoms with Crippen LogP contribution in [0.3, 0.4) is 0 Å². The zero-order valence-electron chi connectivity index (χ0n) is 12.6. The molecule has 1 nitrogen and oxygen atoms in total. The molecule has 0 aliphatic carbocycles. The van der Waals surface area contributed by atoms with Crippen molar-refractivity contribution in [3.8, 4) is 0 Å². The molecular formula is C15H26OS4. The van der Waals surface area contributed by atoms with Crippen LogP contribution in [0.5, 0.6) is 0 Å². The predicted octanol–water partition coefficient (Wildman–Crippen LogP) is 6.51. The fourth-order valence-corrected chi connectivity index (χ4v) is 7.21. The monoisotopic (exact) mass is 350 g/mol. The smallest absolute Gasteiger partial charge is 0.265 e. The van der Waals surface area contributed by atoms with Crippen LogP contribution in [0, 0.1) is 0 Å². The van der Waals surface area contributed by atoms with Gasteiger partial charge in [-0.2, -0.15) is 0 Å². The van der Waals surface area contributed by atoms with E-state index in [9.17, 15) is 4.79 Å². The fraction of sp³-hybridized carbons (Fsp3) is 0.800. The average molecular weight is 351 g/mol. The lowest BCUT2D eigenvalue weighted by molar-refractivity contribution is 0.706. The Morgan fingerprint density at radius 2 is 1.20 bits per heavy atom. The van der Waals surface area contributed by atoms with Gasteiger partial charge in [0, 0.05) is 0 Å². The van der Waals surface area contributed by atoms with E-state index in [0.717, 1.165) is 11.5 Å². The van der Waals surface area contributed by atoms with E-state index in [4.69, 9.17) is 0 Å². The zero-order chi connectivity index (χ0) is 14.6. The zero-order valence-corrected chi connectivity index (χ0v) is 15.9. The van der Waals surface area contributed by atoms with E-state index >= 15 is 0 Å². The summed E-state index contributed by atoms with van der Waals surface area (Å²) in [6.45, 7) is 4.48. The third kappa shape index (κ3) is 8.11. The molecule has 1 heterocycles. The van der Waals surface area contributed by atoms with Gasteiger partial charge in [0.2, 0.25) is 0 Å². The highest BCUT2D eigenvalue weighted by Crippen LogP contribution is 2.37. The molecule has 0 saturated carbocycles. The summed E-state index contributed by atoms with van der Waals surface area (Å²) in [4.78, 5) is 11.6. The highest BCUT2D eigenvalue weighted by molar-refractivity contribution is 8.04. The molecule has 0 aliphatic heterocycles. The van der Waals surface area contributed by atoms with Gasteiger partial charge in [-0.25, -0.2) is 0 Å². The average Bonchev–Trinajstić information content (AvgIpc) is 2.79. The molecule has 0 N–H and O–H groups in total. The molecular weight excluding hydrogens is 324 g/mol. The van der Waals surface area contributed by atoms with E-state index in [2.05, 4.69) is 13.8 Å². The fourth-order valence-electron chi connectivity index (χ4n) is 1.82. The van der Waals surface area contributed by atoms with E-state index in [1.165, 1.54) is 82.5 Å². The normalized spacial score (nSPS) is 11.1. The number of hydrogen-bond donors (Lipinski definition) is 0. The Bertz CT molecular complexity index is 362. The van der Waals surface area contributed by atoms with Gasteiger partial charge in [0.25, 0.3) is 4.06 Å². The minimum absolute atomic E-state index is 0.261. The van der Waals surface area contributed by atoms with Crippen molar-refractivity contribution in [2.24, 2.45) is 0 Å². The molecule has 20 heavy (non-hydrogen) atoms. The third-order valence-corrected chi connectivity index (χ3v) is 8.24. The molecule has 116 valence electrons. The van der Waals surface area contributed by atoms with E-state index in [1.807, 2.05) is 23.5 Å². The molecule has 5 heteroatoms. The maximum atomic E-state index is 11.6. The maximum absolute atomic E-state index is 11.6. The van der Waals surface area contributed by atoms with Gasteiger partial charge in [-0.3, -0.25) is 4.79 Å². The van der Waals surface area contributed by atoms with Gasteiger partial charge in [0.1, 0.15) is 0 Å². The van der Waals surface area contributed by atoms with Gasteiger partial charge in [0.15, 0.2) is 0 Å². The van der Waals surface area contributed by atoms with Crippen LogP contribution in [0.15, 0.2) is 13.2 Å². The Morgan fingerprint density at radius 1 is 0.750 bits per heavy atom. The van der Waals surface area contributed by atoms with Crippen LogP contribution in [0.2, 0.25) is 0 Å². The Labute approximate surface area is 140 Å². The van der Waals surface area contributed by atoms with Crippen LogP contribution in [-0.4, -0.2) is 11.5 Å². The van der Waals surface area contributed by atoms with Crippen molar-refractivity contribution in [2.75, 3.05) is 11.5 Å². The van der Waals surface area contributed by atoms with Gasteiger partial charge in [-0.1, -0.05) is 75.0 Å². The largest absolute Gasteiger partial charge is 0.289 e. The van der Waals surface area contributed by atoms with E-state index in [1.54, 1.807) is 0 Å². The Kier molecular flexibility index (Phi) is 11.3. The van der Waals surface area contributed by atoms with Crippen molar-refractivity contribution in [2.45, 2.75) is 73.6 Å². The number of unbranched alkanes of at least 4 members (excludes halogenated alkanes) is 6. The maximum Gasteiger partial charge on any atom is 0.289 e. The number of rotatable bonds is 12. The molecule has 1 aromatic heterocycles. The first kappa shape index (κ1) is 18.6. The summed E-state index contributed by atoms with van der Waals surface area (Å²) in [7, 11) is 0. The van der Waals surface area contributed by atoms with Crippen LogP contribution < -0.4 is 4.06 Å². The summed E-state index contributed by atoms with van der Waals surface area (Å²) in [6, 6.07) is 0. The molecule has 1 rings (SSSR count). The van der Waals surface area contributed by atoms with E-state index < -0.39 is 0 Å². The van der Waals surface area contributed by atoms with Gasteiger partial charge < -0.3 is 0 Å². The van der Waals surface area contributed by atoms with Gasteiger partial charge in [-0.15, -0.1) is 23.5 Å². The second-order valence-electron chi connectivity index (χ2n) is 4.85. The highest BCUT2D eigenvalue weighted by Gasteiger charge is 2.09. The number of thioether (sulfide) groups is 2. The van der Waals surface area contributed by atoms with Crippen LogP contribution in [0.4, 0.5) is 0 Å². The van der Waals surface area contributed by atoms with Crippen molar-refractivity contribution < 1.29 is 0 Å². The predicted molar refractivity (Wildman–Crippen MR) is 98.2 cm³/mol. The topological polar surface area (TPSA) is 17.1 Å². The SMILES string of the molecule is CCCCCCSc1sc(=O)sc1SCCCCCC. The van der Waals surface area contributed by atoms with Crippen LogP contribution in [0.1, 0.15) is 65.2 Å². The molecule has 0 aromatic carbocycles. The summed E-state index contributed by atoms with van der Waals surface area (Å²) in [5, 5.41) is 0. The van der Waals surface area contributed by atoms with E-state index in [-0.39, 0.29) is 4.06 Å². The van der Waals surface area contributed by atoms with Gasteiger partial charge >= 0.3 is 0 Å². The second-order valence-corrected chi connectivity index (χ2v) is 9.80.